The summed E-state index contributed by atoms with van der Waals surface area (Å²) in [5, 5.41) is 4.72. The van der Waals surface area contributed by atoms with E-state index in [-0.39, 0.29) is 5.41 Å². The number of aromatic nitrogens is 1. The quantitative estimate of drug-likeness (QED) is 0.886. The van der Waals surface area contributed by atoms with Gasteiger partial charge in [0.2, 0.25) is 5.88 Å². The Hall–Kier alpha value is -1.48. The second-order valence-corrected chi connectivity index (χ2v) is 5.99. The Balaban J connectivity index is 2.51. The van der Waals surface area contributed by atoms with Crippen LogP contribution in [-0.4, -0.2) is 5.16 Å². The number of halogens is 1. The van der Waals surface area contributed by atoms with Crippen LogP contribution in [0, 0.1) is 5.41 Å². The van der Waals surface area contributed by atoms with Gasteiger partial charge in [-0.3, -0.25) is 0 Å². The minimum absolute atomic E-state index is 0.110. The Kier molecular flexibility index (Phi) is 3.35. The highest BCUT2D eigenvalue weighted by molar-refractivity contribution is 6.33. The van der Waals surface area contributed by atoms with Crippen molar-refractivity contribution >= 4 is 17.5 Å². The standard InChI is InChI=1S/C14H17ClN2O/c1-14(2,3)8-11-12(13(16)18-17-11)9-6-4-5-7-10(9)15/h4-7H,8,16H2,1-3H3. The Morgan fingerprint density at radius 2 is 1.94 bits per heavy atom. The summed E-state index contributed by atoms with van der Waals surface area (Å²) in [6.07, 6.45) is 0.786. The van der Waals surface area contributed by atoms with Gasteiger partial charge in [-0.05, 0) is 17.9 Å². The number of nitrogen functional groups attached to an aromatic ring is 1. The maximum atomic E-state index is 6.21. The van der Waals surface area contributed by atoms with Crippen molar-refractivity contribution in [1.82, 2.24) is 5.16 Å². The number of anilines is 1. The van der Waals surface area contributed by atoms with E-state index >= 15 is 0 Å². The lowest BCUT2D eigenvalue weighted by molar-refractivity contribution is 0.377. The molecule has 0 aliphatic carbocycles. The average molecular weight is 265 g/mol. The Morgan fingerprint density at radius 3 is 2.56 bits per heavy atom. The predicted octanol–water partition coefficient (Wildman–Crippen LogP) is 4.17. The van der Waals surface area contributed by atoms with E-state index < -0.39 is 0 Å². The summed E-state index contributed by atoms with van der Waals surface area (Å²) < 4.78 is 5.12. The highest BCUT2D eigenvalue weighted by atomic mass is 35.5. The van der Waals surface area contributed by atoms with Gasteiger partial charge in [0.1, 0.15) is 0 Å². The van der Waals surface area contributed by atoms with Crippen molar-refractivity contribution in [3.63, 3.8) is 0 Å². The normalized spacial score (nSPS) is 11.8. The first kappa shape index (κ1) is 13.0. The van der Waals surface area contributed by atoms with Crippen LogP contribution >= 0.6 is 11.6 Å². The van der Waals surface area contributed by atoms with Crippen molar-refractivity contribution in [3.05, 3.63) is 35.0 Å². The molecule has 0 atom stereocenters. The lowest BCUT2D eigenvalue weighted by Crippen LogP contribution is -2.10. The van der Waals surface area contributed by atoms with Gasteiger partial charge in [0.05, 0.1) is 11.3 Å². The monoisotopic (exact) mass is 264 g/mol. The van der Waals surface area contributed by atoms with E-state index in [2.05, 4.69) is 25.9 Å². The molecule has 0 fully saturated rings. The van der Waals surface area contributed by atoms with E-state index in [9.17, 15) is 0 Å². The molecule has 2 rings (SSSR count). The van der Waals surface area contributed by atoms with Gasteiger partial charge in [-0.15, -0.1) is 0 Å². The fourth-order valence-electron chi connectivity index (χ4n) is 1.91. The largest absolute Gasteiger partial charge is 0.367 e. The summed E-state index contributed by atoms with van der Waals surface area (Å²) in [5.74, 6) is 0.322. The number of hydrogen-bond donors (Lipinski definition) is 1. The van der Waals surface area contributed by atoms with Crippen LogP contribution in [0.25, 0.3) is 11.1 Å². The molecule has 0 radical (unpaired) electrons. The van der Waals surface area contributed by atoms with Gasteiger partial charge in [-0.2, -0.15) is 0 Å². The Bertz CT molecular complexity index is 555. The van der Waals surface area contributed by atoms with Crippen molar-refractivity contribution in [2.75, 3.05) is 5.73 Å². The van der Waals surface area contributed by atoms with Crippen LogP contribution in [0.15, 0.2) is 28.8 Å². The Morgan fingerprint density at radius 1 is 1.28 bits per heavy atom. The molecule has 1 aromatic heterocycles. The molecule has 0 spiro atoms. The van der Waals surface area contributed by atoms with Gasteiger partial charge in [0.15, 0.2) is 0 Å². The molecule has 96 valence electrons. The first-order chi connectivity index (χ1) is 8.38. The third-order valence-corrected chi connectivity index (χ3v) is 2.96. The molecule has 0 aliphatic heterocycles. The molecule has 0 saturated carbocycles. The van der Waals surface area contributed by atoms with Crippen LogP contribution in [-0.2, 0) is 6.42 Å². The maximum Gasteiger partial charge on any atom is 0.230 e. The summed E-state index contributed by atoms with van der Waals surface area (Å²) in [6, 6.07) is 7.58. The highest BCUT2D eigenvalue weighted by Crippen LogP contribution is 2.37. The zero-order valence-corrected chi connectivity index (χ0v) is 11.6. The molecule has 2 N–H and O–H groups in total. The first-order valence-electron chi connectivity index (χ1n) is 5.87. The van der Waals surface area contributed by atoms with Gasteiger partial charge < -0.3 is 10.3 Å². The van der Waals surface area contributed by atoms with Crippen molar-refractivity contribution in [3.8, 4) is 11.1 Å². The number of nitrogens with two attached hydrogens (primary N) is 1. The first-order valence-corrected chi connectivity index (χ1v) is 6.25. The maximum absolute atomic E-state index is 6.21. The fourth-order valence-corrected chi connectivity index (χ4v) is 2.14. The zero-order valence-electron chi connectivity index (χ0n) is 10.8. The van der Waals surface area contributed by atoms with Crippen molar-refractivity contribution in [1.29, 1.82) is 0 Å². The van der Waals surface area contributed by atoms with E-state index in [0.717, 1.165) is 23.2 Å². The van der Waals surface area contributed by atoms with E-state index in [0.29, 0.717) is 10.9 Å². The second kappa shape index (κ2) is 4.65. The SMILES string of the molecule is CC(C)(C)Cc1noc(N)c1-c1ccccc1Cl. The lowest BCUT2D eigenvalue weighted by Gasteiger charge is -2.17. The van der Waals surface area contributed by atoms with Crippen molar-refractivity contribution in [2.24, 2.45) is 5.41 Å². The van der Waals surface area contributed by atoms with E-state index in [1.807, 2.05) is 24.3 Å². The molecule has 0 amide bonds. The van der Waals surface area contributed by atoms with Crippen LogP contribution in [0.1, 0.15) is 26.5 Å². The second-order valence-electron chi connectivity index (χ2n) is 5.59. The molecule has 3 nitrogen and oxygen atoms in total. The topological polar surface area (TPSA) is 52.0 Å². The zero-order chi connectivity index (χ0) is 13.3. The number of rotatable bonds is 2. The number of nitrogens with zero attached hydrogens (tertiary/aromatic N) is 1. The number of hydrogen-bond acceptors (Lipinski definition) is 3. The summed E-state index contributed by atoms with van der Waals surface area (Å²) in [7, 11) is 0. The van der Waals surface area contributed by atoms with Crippen molar-refractivity contribution < 1.29 is 4.52 Å². The van der Waals surface area contributed by atoms with Gasteiger partial charge in [-0.25, -0.2) is 0 Å². The van der Waals surface area contributed by atoms with E-state index in [4.69, 9.17) is 21.9 Å². The smallest absolute Gasteiger partial charge is 0.230 e. The highest BCUT2D eigenvalue weighted by Gasteiger charge is 2.22. The molecule has 0 bridgehead atoms. The minimum atomic E-state index is 0.110. The molecule has 0 unspecified atom stereocenters. The Labute approximate surface area is 112 Å². The van der Waals surface area contributed by atoms with Crippen LogP contribution < -0.4 is 5.73 Å². The molecule has 1 aromatic carbocycles. The average Bonchev–Trinajstić information content (AvgIpc) is 2.59. The van der Waals surface area contributed by atoms with Crippen LogP contribution in [0.5, 0.6) is 0 Å². The third-order valence-electron chi connectivity index (χ3n) is 2.63. The lowest BCUT2D eigenvalue weighted by atomic mass is 9.88. The van der Waals surface area contributed by atoms with E-state index in [1.165, 1.54) is 0 Å². The van der Waals surface area contributed by atoms with Gasteiger partial charge in [-0.1, -0.05) is 55.7 Å². The molecule has 1 heterocycles. The third kappa shape index (κ3) is 2.67. The molecule has 18 heavy (non-hydrogen) atoms. The van der Waals surface area contributed by atoms with Crippen molar-refractivity contribution in [2.45, 2.75) is 27.2 Å². The van der Waals surface area contributed by atoms with Gasteiger partial charge in [0.25, 0.3) is 0 Å². The van der Waals surface area contributed by atoms with Gasteiger partial charge >= 0.3 is 0 Å². The summed E-state index contributed by atoms with van der Waals surface area (Å²) in [4.78, 5) is 0. The predicted molar refractivity (Wildman–Crippen MR) is 74.5 cm³/mol. The molecule has 4 heteroatoms. The molecule has 0 aliphatic rings. The molecular formula is C14H17ClN2O. The van der Waals surface area contributed by atoms with E-state index in [1.54, 1.807) is 0 Å². The molecule has 0 saturated heterocycles. The molecular weight excluding hydrogens is 248 g/mol. The molecule has 2 aromatic rings. The minimum Gasteiger partial charge on any atom is -0.367 e. The summed E-state index contributed by atoms with van der Waals surface area (Å²) in [5.41, 5.74) is 8.53. The summed E-state index contributed by atoms with van der Waals surface area (Å²) in [6.45, 7) is 6.44. The van der Waals surface area contributed by atoms with Crippen LogP contribution in [0.2, 0.25) is 5.02 Å². The van der Waals surface area contributed by atoms with Crippen LogP contribution in [0.3, 0.4) is 0 Å². The van der Waals surface area contributed by atoms with Crippen LogP contribution in [0.4, 0.5) is 5.88 Å². The fraction of sp³-hybridized carbons (Fsp3) is 0.357. The number of benzene rings is 1. The summed E-state index contributed by atoms with van der Waals surface area (Å²) >= 11 is 6.21. The van der Waals surface area contributed by atoms with Gasteiger partial charge in [0, 0.05) is 10.6 Å².